The third kappa shape index (κ3) is 4.59. The first-order valence-corrected chi connectivity index (χ1v) is 11.4. The second kappa shape index (κ2) is 8.72. The number of ketones is 1. The summed E-state index contributed by atoms with van der Waals surface area (Å²) in [7, 11) is 0. The van der Waals surface area contributed by atoms with Crippen molar-refractivity contribution < 1.29 is 23.0 Å². The maximum absolute atomic E-state index is 13.8. The predicted molar refractivity (Wildman–Crippen MR) is 121 cm³/mol. The van der Waals surface area contributed by atoms with Crippen molar-refractivity contribution in [3.63, 3.8) is 0 Å². The van der Waals surface area contributed by atoms with Crippen LogP contribution in [0.25, 0.3) is 0 Å². The highest BCUT2D eigenvalue weighted by Crippen LogP contribution is 2.58. The smallest absolute Gasteiger partial charge is 0.257 e. The fourth-order valence-corrected chi connectivity index (χ4v) is 4.39. The molecule has 0 spiro atoms. The van der Waals surface area contributed by atoms with Crippen molar-refractivity contribution in [1.82, 2.24) is 0 Å². The van der Waals surface area contributed by atoms with Crippen LogP contribution in [0, 0.1) is 5.41 Å². The van der Waals surface area contributed by atoms with Crippen molar-refractivity contribution in [2.45, 2.75) is 58.0 Å². The standard InChI is InChI=1S/C26H31F2NO3/c1-4-31-21-11-7-20(8-12-21)29-16-23(17-29)32-22-9-5-19(6-10-22)18(2)15-24(30)26(13-14-26)25(3,27)28/h5-12,18,23H,4,13-17H2,1-3H3/t18-/m1/s1. The van der Waals surface area contributed by atoms with Crippen molar-refractivity contribution in [3.8, 4) is 11.5 Å². The molecule has 1 atom stereocenters. The zero-order valence-corrected chi connectivity index (χ0v) is 18.9. The van der Waals surface area contributed by atoms with Gasteiger partial charge in [0.15, 0.2) is 0 Å². The Morgan fingerprint density at radius 1 is 1.09 bits per heavy atom. The highest BCUT2D eigenvalue weighted by molar-refractivity contribution is 5.89. The number of hydrogen-bond acceptors (Lipinski definition) is 4. The molecule has 0 radical (unpaired) electrons. The highest BCUT2D eigenvalue weighted by Gasteiger charge is 2.63. The van der Waals surface area contributed by atoms with E-state index in [1.807, 2.05) is 50.2 Å². The quantitative estimate of drug-likeness (QED) is 0.462. The van der Waals surface area contributed by atoms with Gasteiger partial charge in [-0.15, -0.1) is 0 Å². The van der Waals surface area contributed by atoms with Crippen molar-refractivity contribution in [2.75, 3.05) is 24.6 Å². The van der Waals surface area contributed by atoms with Crippen LogP contribution in [0.15, 0.2) is 48.5 Å². The van der Waals surface area contributed by atoms with E-state index in [0.717, 1.165) is 42.8 Å². The molecule has 1 heterocycles. The number of anilines is 1. The Hall–Kier alpha value is -2.63. The summed E-state index contributed by atoms with van der Waals surface area (Å²) >= 11 is 0. The molecule has 0 unspecified atom stereocenters. The normalized spacial score (nSPS) is 18.6. The van der Waals surface area contributed by atoms with Crippen LogP contribution in [0.5, 0.6) is 11.5 Å². The zero-order chi connectivity index (χ0) is 22.9. The zero-order valence-electron chi connectivity index (χ0n) is 18.9. The number of carbonyl (C=O) groups excluding carboxylic acids is 1. The van der Waals surface area contributed by atoms with Crippen LogP contribution in [-0.2, 0) is 4.79 Å². The van der Waals surface area contributed by atoms with Gasteiger partial charge in [-0.3, -0.25) is 4.79 Å². The van der Waals surface area contributed by atoms with E-state index < -0.39 is 11.3 Å². The van der Waals surface area contributed by atoms with E-state index >= 15 is 0 Å². The summed E-state index contributed by atoms with van der Waals surface area (Å²) in [4.78, 5) is 14.7. The number of benzene rings is 2. The Kier molecular flexibility index (Phi) is 6.15. The third-order valence-corrected chi connectivity index (χ3v) is 6.73. The van der Waals surface area contributed by atoms with Crippen molar-refractivity contribution in [1.29, 1.82) is 0 Å². The van der Waals surface area contributed by atoms with Crippen LogP contribution in [0.2, 0.25) is 0 Å². The van der Waals surface area contributed by atoms with Crippen LogP contribution < -0.4 is 14.4 Å². The molecule has 0 bridgehead atoms. The van der Waals surface area contributed by atoms with Crippen molar-refractivity contribution in [2.24, 2.45) is 5.41 Å². The van der Waals surface area contributed by atoms with Gasteiger partial charge >= 0.3 is 0 Å². The van der Waals surface area contributed by atoms with Gasteiger partial charge in [0, 0.05) is 19.0 Å². The summed E-state index contributed by atoms with van der Waals surface area (Å²) in [6.45, 7) is 7.03. The number of hydrogen-bond donors (Lipinski definition) is 0. The SMILES string of the molecule is CCOc1ccc(N2CC(Oc3ccc([C@H](C)CC(=O)C4(C(C)(F)F)CC4)cc3)C2)cc1. The van der Waals surface area contributed by atoms with E-state index in [1.54, 1.807) is 0 Å². The van der Waals surface area contributed by atoms with Crippen LogP contribution in [-0.4, -0.2) is 37.5 Å². The van der Waals surface area contributed by atoms with Crippen molar-refractivity contribution >= 4 is 11.5 Å². The van der Waals surface area contributed by atoms with Gasteiger partial charge < -0.3 is 14.4 Å². The van der Waals surface area contributed by atoms with Gasteiger partial charge in [-0.2, -0.15) is 0 Å². The van der Waals surface area contributed by atoms with Gasteiger partial charge in [0.25, 0.3) is 5.92 Å². The minimum absolute atomic E-state index is 0.102. The molecule has 4 rings (SSSR count). The molecule has 1 saturated heterocycles. The first-order chi connectivity index (χ1) is 15.2. The number of ether oxygens (including phenoxy) is 2. The summed E-state index contributed by atoms with van der Waals surface area (Å²) in [5, 5.41) is 0. The molecule has 1 saturated carbocycles. The fraction of sp³-hybridized carbons (Fsp3) is 0.500. The molecule has 2 aromatic carbocycles. The number of carbonyl (C=O) groups is 1. The number of nitrogens with zero attached hydrogens (tertiary/aromatic N) is 1. The largest absolute Gasteiger partial charge is 0.494 e. The maximum Gasteiger partial charge on any atom is 0.257 e. The lowest BCUT2D eigenvalue weighted by Gasteiger charge is -2.40. The highest BCUT2D eigenvalue weighted by atomic mass is 19.3. The molecule has 0 N–H and O–H groups in total. The Bertz CT molecular complexity index is 927. The first-order valence-electron chi connectivity index (χ1n) is 11.4. The Morgan fingerprint density at radius 2 is 1.69 bits per heavy atom. The van der Waals surface area contributed by atoms with E-state index in [1.165, 1.54) is 0 Å². The van der Waals surface area contributed by atoms with E-state index in [9.17, 15) is 13.6 Å². The lowest BCUT2D eigenvalue weighted by Crippen LogP contribution is -2.54. The second-order valence-electron chi connectivity index (χ2n) is 9.14. The molecular formula is C26H31F2NO3. The Labute approximate surface area is 188 Å². The summed E-state index contributed by atoms with van der Waals surface area (Å²) in [5.41, 5.74) is 0.683. The van der Waals surface area contributed by atoms with E-state index in [0.29, 0.717) is 19.4 Å². The third-order valence-electron chi connectivity index (χ3n) is 6.73. The lowest BCUT2D eigenvalue weighted by atomic mass is 9.86. The van der Waals surface area contributed by atoms with Crippen LogP contribution >= 0.6 is 0 Å². The van der Waals surface area contributed by atoms with Crippen LogP contribution in [0.4, 0.5) is 14.5 Å². The number of halogens is 2. The Morgan fingerprint density at radius 3 is 2.22 bits per heavy atom. The van der Waals surface area contributed by atoms with Gasteiger partial charge in [-0.05, 0) is 67.6 Å². The molecule has 2 fully saturated rings. The van der Waals surface area contributed by atoms with E-state index in [4.69, 9.17) is 9.47 Å². The van der Waals surface area contributed by atoms with Gasteiger partial charge in [0.05, 0.1) is 25.1 Å². The topological polar surface area (TPSA) is 38.8 Å². The summed E-state index contributed by atoms with van der Waals surface area (Å²) in [5.74, 6) is -1.71. The number of rotatable bonds is 10. The first kappa shape index (κ1) is 22.6. The average Bonchev–Trinajstić information content (AvgIpc) is 3.54. The molecule has 2 aromatic rings. The fourth-order valence-electron chi connectivity index (χ4n) is 4.39. The molecular weight excluding hydrogens is 412 g/mol. The predicted octanol–water partition coefficient (Wildman–Crippen LogP) is 5.85. The van der Waals surface area contributed by atoms with E-state index in [2.05, 4.69) is 17.0 Å². The van der Waals surface area contributed by atoms with Gasteiger partial charge in [-0.1, -0.05) is 19.1 Å². The monoisotopic (exact) mass is 443 g/mol. The molecule has 172 valence electrons. The minimum Gasteiger partial charge on any atom is -0.494 e. The molecule has 32 heavy (non-hydrogen) atoms. The molecule has 0 aromatic heterocycles. The lowest BCUT2D eigenvalue weighted by molar-refractivity contribution is -0.139. The minimum atomic E-state index is -2.94. The Balaban J connectivity index is 1.26. The summed E-state index contributed by atoms with van der Waals surface area (Å²) in [6, 6.07) is 15.7. The number of Topliss-reactive ketones (excluding diaryl/α,β-unsaturated/α-hetero) is 1. The second-order valence-corrected chi connectivity index (χ2v) is 9.14. The van der Waals surface area contributed by atoms with E-state index in [-0.39, 0.29) is 24.2 Å². The van der Waals surface area contributed by atoms with Crippen LogP contribution in [0.3, 0.4) is 0 Å². The molecule has 0 amide bonds. The van der Waals surface area contributed by atoms with Gasteiger partial charge in [-0.25, -0.2) is 8.78 Å². The molecule has 4 nitrogen and oxygen atoms in total. The maximum atomic E-state index is 13.8. The molecule has 1 aliphatic carbocycles. The molecule has 2 aliphatic rings. The van der Waals surface area contributed by atoms with Gasteiger partial charge in [0.1, 0.15) is 23.4 Å². The molecule has 6 heteroatoms. The van der Waals surface area contributed by atoms with Crippen LogP contribution in [0.1, 0.15) is 51.5 Å². The average molecular weight is 444 g/mol. The summed E-state index contributed by atoms with van der Waals surface area (Å²) in [6.07, 6.45) is 0.852. The summed E-state index contributed by atoms with van der Waals surface area (Å²) < 4.78 is 39.2. The van der Waals surface area contributed by atoms with Crippen molar-refractivity contribution in [3.05, 3.63) is 54.1 Å². The number of alkyl halides is 2. The molecule has 1 aliphatic heterocycles. The van der Waals surface area contributed by atoms with Gasteiger partial charge in [0.2, 0.25) is 0 Å².